The van der Waals surface area contributed by atoms with Crippen LogP contribution in [-0.4, -0.2) is 27.3 Å². The van der Waals surface area contributed by atoms with Gasteiger partial charge >= 0.3 is 5.97 Å². The molecular weight excluding hydrogens is 335 g/mol. The van der Waals surface area contributed by atoms with E-state index < -0.39 is 23.8 Å². The number of halogens is 3. The largest absolute Gasteiger partial charge is 0.465 e. The van der Waals surface area contributed by atoms with Gasteiger partial charge in [-0.1, -0.05) is 6.07 Å². The van der Waals surface area contributed by atoms with E-state index in [0.717, 1.165) is 12.1 Å². The number of pyridine rings is 1. The Morgan fingerprint density at radius 3 is 2.76 bits per heavy atom. The second-order valence-corrected chi connectivity index (χ2v) is 5.27. The van der Waals surface area contributed by atoms with Crippen molar-refractivity contribution in [2.24, 2.45) is 0 Å². The summed E-state index contributed by atoms with van der Waals surface area (Å²) in [6.45, 7) is 1.87. The first kappa shape index (κ1) is 16.9. The standard InChI is InChI=1S/C17H14F3N3O2/c1-2-25-16(24)9-23-15-6-11(7-21-14(15)8-22-23)10-3-4-13(18)12(5-10)17(19)20/h3-8,17H,2,9H2,1H3. The molecule has 0 saturated carbocycles. The third-order valence-electron chi connectivity index (χ3n) is 3.64. The summed E-state index contributed by atoms with van der Waals surface area (Å²) in [4.78, 5) is 15.8. The highest BCUT2D eigenvalue weighted by Gasteiger charge is 2.15. The minimum atomic E-state index is -2.91. The van der Waals surface area contributed by atoms with Crippen LogP contribution in [0.2, 0.25) is 0 Å². The van der Waals surface area contributed by atoms with Gasteiger partial charge < -0.3 is 4.74 Å². The van der Waals surface area contributed by atoms with E-state index >= 15 is 0 Å². The molecule has 0 aliphatic heterocycles. The van der Waals surface area contributed by atoms with Crippen LogP contribution in [0.15, 0.2) is 36.7 Å². The first-order valence-electron chi connectivity index (χ1n) is 7.54. The van der Waals surface area contributed by atoms with Crippen LogP contribution in [0.25, 0.3) is 22.2 Å². The van der Waals surface area contributed by atoms with Crippen LogP contribution in [0.1, 0.15) is 18.9 Å². The van der Waals surface area contributed by atoms with Gasteiger partial charge in [-0.25, -0.2) is 13.2 Å². The van der Waals surface area contributed by atoms with Gasteiger partial charge in [-0.3, -0.25) is 14.5 Å². The smallest absolute Gasteiger partial charge is 0.327 e. The summed E-state index contributed by atoms with van der Waals surface area (Å²) >= 11 is 0. The van der Waals surface area contributed by atoms with E-state index in [1.54, 1.807) is 13.0 Å². The Bertz CT molecular complexity index is 925. The lowest BCUT2D eigenvalue weighted by molar-refractivity contribution is -0.143. The normalized spacial score (nSPS) is 11.2. The molecule has 3 rings (SSSR count). The number of rotatable bonds is 5. The van der Waals surface area contributed by atoms with Crippen molar-refractivity contribution in [3.8, 4) is 11.1 Å². The zero-order valence-corrected chi connectivity index (χ0v) is 13.2. The molecule has 8 heteroatoms. The highest BCUT2D eigenvalue weighted by atomic mass is 19.3. The maximum absolute atomic E-state index is 13.5. The fourth-order valence-electron chi connectivity index (χ4n) is 2.46. The lowest BCUT2D eigenvalue weighted by atomic mass is 10.0. The molecular formula is C17H14F3N3O2. The second kappa shape index (κ2) is 6.92. The molecule has 0 unspecified atom stereocenters. The van der Waals surface area contributed by atoms with Gasteiger partial charge in [0.1, 0.15) is 17.9 Å². The number of fused-ring (bicyclic) bond motifs is 1. The fraction of sp³-hybridized carbons (Fsp3) is 0.235. The number of carbonyl (C=O) groups excluding carboxylic acids is 1. The Morgan fingerprint density at radius 1 is 1.24 bits per heavy atom. The molecule has 0 spiro atoms. The van der Waals surface area contributed by atoms with E-state index in [4.69, 9.17) is 4.74 Å². The first-order valence-corrected chi connectivity index (χ1v) is 7.54. The Hall–Kier alpha value is -2.90. The summed E-state index contributed by atoms with van der Waals surface area (Å²) in [5, 5.41) is 4.09. The van der Waals surface area contributed by atoms with Crippen molar-refractivity contribution < 1.29 is 22.7 Å². The Labute approximate surface area is 141 Å². The molecule has 2 aromatic heterocycles. The van der Waals surface area contributed by atoms with E-state index in [-0.39, 0.29) is 13.2 Å². The minimum absolute atomic E-state index is 0.0891. The van der Waals surface area contributed by atoms with Crippen molar-refractivity contribution in [1.29, 1.82) is 0 Å². The van der Waals surface area contributed by atoms with Crippen LogP contribution in [0, 0.1) is 5.82 Å². The quantitative estimate of drug-likeness (QED) is 0.659. The Balaban J connectivity index is 2.01. The number of benzene rings is 1. The van der Waals surface area contributed by atoms with E-state index in [9.17, 15) is 18.0 Å². The molecule has 5 nitrogen and oxygen atoms in total. The average Bonchev–Trinajstić information content (AvgIpc) is 2.97. The second-order valence-electron chi connectivity index (χ2n) is 5.27. The van der Waals surface area contributed by atoms with Crippen molar-refractivity contribution in [3.63, 3.8) is 0 Å². The Morgan fingerprint density at radius 2 is 2.04 bits per heavy atom. The predicted octanol–water partition coefficient (Wildman–Crippen LogP) is 3.74. The molecule has 0 fully saturated rings. The summed E-state index contributed by atoms with van der Waals surface area (Å²) in [5.74, 6) is -1.40. The molecule has 130 valence electrons. The van der Waals surface area contributed by atoms with E-state index in [1.807, 2.05) is 0 Å². The molecule has 0 saturated heterocycles. The molecule has 0 N–H and O–H groups in total. The van der Waals surface area contributed by atoms with Crippen molar-refractivity contribution in [2.45, 2.75) is 19.9 Å². The molecule has 0 atom stereocenters. The topological polar surface area (TPSA) is 57.0 Å². The van der Waals surface area contributed by atoms with Crippen LogP contribution in [0.4, 0.5) is 13.2 Å². The van der Waals surface area contributed by atoms with Gasteiger partial charge in [0, 0.05) is 11.8 Å². The first-order chi connectivity index (χ1) is 12.0. The summed E-state index contributed by atoms with van der Waals surface area (Å²) in [6.07, 6.45) is 0.0698. The van der Waals surface area contributed by atoms with Gasteiger partial charge in [0.15, 0.2) is 0 Å². The number of carbonyl (C=O) groups is 1. The average molecular weight is 349 g/mol. The predicted molar refractivity (Wildman–Crippen MR) is 84.5 cm³/mol. The van der Waals surface area contributed by atoms with Gasteiger partial charge in [-0.2, -0.15) is 5.10 Å². The molecule has 0 bridgehead atoms. The van der Waals surface area contributed by atoms with Crippen molar-refractivity contribution >= 4 is 17.0 Å². The third kappa shape index (κ3) is 3.47. The van der Waals surface area contributed by atoms with Crippen LogP contribution >= 0.6 is 0 Å². The highest BCUT2D eigenvalue weighted by Crippen LogP contribution is 2.29. The van der Waals surface area contributed by atoms with Gasteiger partial charge in [-0.05, 0) is 30.7 Å². The number of hydrogen-bond donors (Lipinski definition) is 0. The number of nitrogens with zero attached hydrogens (tertiary/aromatic N) is 3. The van der Waals surface area contributed by atoms with Gasteiger partial charge in [0.25, 0.3) is 6.43 Å². The molecule has 0 radical (unpaired) electrons. The van der Waals surface area contributed by atoms with Gasteiger partial charge in [-0.15, -0.1) is 0 Å². The van der Waals surface area contributed by atoms with E-state index in [0.29, 0.717) is 22.2 Å². The molecule has 0 amide bonds. The van der Waals surface area contributed by atoms with E-state index in [2.05, 4.69) is 10.1 Å². The van der Waals surface area contributed by atoms with Crippen molar-refractivity contribution in [1.82, 2.24) is 14.8 Å². The maximum atomic E-state index is 13.5. The zero-order chi connectivity index (χ0) is 18.0. The number of hydrogen-bond acceptors (Lipinski definition) is 4. The van der Waals surface area contributed by atoms with Gasteiger partial charge in [0.05, 0.1) is 23.9 Å². The lowest BCUT2D eigenvalue weighted by Gasteiger charge is -2.07. The minimum Gasteiger partial charge on any atom is -0.465 e. The lowest BCUT2D eigenvalue weighted by Crippen LogP contribution is -2.14. The number of alkyl halides is 2. The number of aromatic nitrogens is 3. The monoisotopic (exact) mass is 349 g/mol. The molecule has 3 aromatic rings. The van der Waals surface area contributed by atoms with Crippen LogP contribution in [0.5, 0.6) is 0 Å². The summed E-state index contributed by atoms with van der Waals surface area (Å²) < 4.78 is 45.5. The molecule has 1 aromatic carbocycles. The molecule has 25 heavy (non-hydrogen) atoms. The summed E-state index contributed by atoms with van der Waals surface area (Å²) in [5.41, 5.74) is 1.34. The van der Waals surface area contributed by atoms with Gasteiger partial charge in [0.2, 0.25) is 0 Å². The SMILES string of the molecule is CCOC(=O)Cn1ncc2ncc(-c3ccc(F)c(C(F)F)c3)cc21. The Kier molecular flexibility index (Phi) is 4.69. The fourth-order valence-corrected chi connectivity index (χ4v) is 2.46. The highest BCUT2D eigenvalue weighted by molar-refractivity contribution is 5.82. The molecule has 0 aliphatic carbocycles. The maximum Gasteiger partial charge on any atom is 0.327 e. The third-order valence-corrected chi connectivity index (χ3v) is 3.64. The van der Waals surface area contributed by atoms with Crippen LogP contribution in [0.3, 0.4) is 0 Å². The van der Waals surface area contributed by atoms with Crippen LogP contribution in [-0.2, 0) is 16.1 Å². The molecule has 2 heterocycles. The van der Waals surface area contributed by atoms with E-state index in [1.165, 1.54) is 23.1 Å². The zero-order valence-electron chi connectivity index (χ0n) is 13.2. The van der Waals surface area contributed by atoms with Crippen LogP contribution < -0.4 is 0 Å². The number of esters is 1. The summed E-state index contributed by atoms with van der Waals surface area (Å²) in [7, 11) is 0. The van der Waals surface area contributed by atoms with Crippen molar-refractivity contribution in [2.75, 3.05) is 6.61 Å². The summed E-state index contributed by atoms with van der Waals surface area (Å²) in [6, 6.07) is 5.15. The molecule has 0 aliphatic rings. The number of ether oxygens (including phenoxy) is 1. The van der Waals surface area contributed by atoms with Crippen molar-refractivity contribution in [3.05, 3.63) is 48.0 Å².